The molecule has 60 valence electrons. The van der Waals surface area contributed by atoms with Crippen molar-refractivity contribution in [1.82, 2.24) is 4.98 Å². The first-order valence-corrected chi connectivity index (χ1v) is 4.33. The predicted octanol–water partition coefficient (Wildman–Crippen LogP) is 1.36. The maximum Gasteiger partial charge on any atom is 0.124 e. The second-order valence-corrected chi connectivity index (χ2v) is 3.36. The molecule has 0 bridgehead atoms. The Bertz CT molecular complexity index is 244. The second-order valence-electron chi connectivity index (χ2n) is 2.42. The van der Waals surface area contributed by atoms with Crippen LogP contribution in [0.1, 0.15) is 16.8 Å². The third-order valence-corrected chi connectivity index (χ3v) is 2.34. The van der Waals surface area contributed by atoms with Gasteiger partial charge in [-0.3, -0.25) is 0 Å². The van der Waals surface area contributed by atoms with Crippen molar-refractivity contribution >= 4 is 11.3 Å². The van der Waals surface area contributed by atoms with Crippen LogP contribution in [0.25, 0.3) is 0 Å². The van der Waals surface area contributed by atoms with E-state index in [9.17, 15) is 0 Å². The van der Waals surface area contributed by atoms with E-state index in [0.717, 1.165) is 17.3 Å². The van der Waals surface area contributed by atoms with Gasteiger partial charge in [-0.2, -0.15) is 0 Å². The summed E-state index contributed by atoms with van der Waals surface area (Å²) in [5.74, 6) is 0. The van der Waals surface area contributed by atoms with Crippen molar-refractivity contribution in [3.05, 3.63) is 16.1 Å². The van der Waals surface area contributed by atoms with Crippen molar-refractivity contribution in [1.29, 1.82) is 0 Å². The topological polar surface area (TPSA) is 34.6 Å². The monoisotopic (exact) mass is 171 g/mol. The van der Waals surface area contributed by atoms with Crippen LogP contribution in [-0.2, 0) is 16.1 Å². The Labute approximate surface area is 69.0 Å². The van der Waals surface area contributed by atoms with E-state index in [2.05, 4.69) is 4.98 Å². The molecule has 0 amide bonds. The smallest absolute Gasteiger partial charge is 0.124 e. The molecule has 0 aliphatic carbocycles. The molecule has 3 nitrogen and oxygen atoms in total. The molecule has 1 unspecified atom stereocenters. The van der Waals surface area contributed by atoms with Gasteiger partial charge in [-0.1, -0.05) is 0 Å². The van der Waals surface area contributed by atoms with Gasteiger partial charge in [0.15, 0.2) is 0 Å². The third-order valence-electron chi connectivity index (χ3n) is 1.50. The summed E-state index contributed by atoms with van der Waals surface area (Å²) >= 11 is 1.63. The first-order valence-electron chi connectivity index (χ1n) is 3.45. The number of ether oxygens (including phenoxy) is 2. The minimum Gasteiger partial charge on any atom is -0.378 e. The lowest BCUT2D eigenvalue weighted by molar-refractivity contribution is 0.184. The summed E-state index contributed by atoms with van der Waals surface area (Å²) in [6.07, 6.45) is 0.275. The van der Waals surface area contributed by atoms with Crippen molar-refractivity contribution < 1.29 is 9.47 Å². The molecule has 0 aromatic carbocycles. The normalized spacial score (nSPS) is 22.1. The SMILES string of the molecule is COCc1nc(C2CO2)cs1. The molecular weight excluding hydrogens is 162 g/mol. The van der Waals surface area contributed by atoms with Gasteiger partial charge in [0.05, 0.1) is 18.9 Å². The van der Waals surface area contributed by atoms with Crippen LogP contribution in [0.3, 0.4) is 0 Å². The minimum atomic E-state index is 0.275. The van der Waals surface area contributed by atoms with Gasteiger partial charge in [0.2, 0.25) is 0 Å². The first-order chi connectivity index (χ1) is 5.40. The minimum absolute atomic E-state index is 0.275. The quantitative estimate of drug-likeness (QED) is 0.644. The fourth-order valence-electron chi connectivity index (χ4n) is 0.882. The molecule has 4 heteroatoms. The van der Waals surface area contributed by atoms with Crippen molar-refractivity contribution in [3.63, 3.8) is 0 Å². The maximum absolute atomic E-state index is 5.09. The molecule has 0 spiro atoms. The molecule has 1 aliphatic heterocycles. The molecule has 1 fully saturated rings. The van der Waals surface area contributed by atoms with Crippen LogP contribution in [0.4, 0.5) is 0 Å². The number of nitrogens with zero attached hydrogens (tertiary/aromatic N) is 1. The van der Waals surface area contributed by atoms with E-state index in [1.807, 2.05) is 5.38 Å². The highest BCUT2D eigenvalue weighted by molar-refractivity contribution is 7.09. The molecule has 1 aliphatic rings. The predicted molar refractivity (Wildman–Crippen MR) is 41.5 cm³/mol. The number of hydrogen-bond acceptors (Lipinski definition) is 4. The highest BCUT2D eigenvalue weighted by Gasteiger charge is 2.27. The van der Waals surface area contributed by atoms with Crippen molar-refractivity contribution in [2.24, 2.45) is 0 Å². The van der Waals surface area contributed by atoms with Crippen LogP contribution >= 0.6 is 11.3 Å². The van der Waals surface area contributed by atoms with Crippen LogP contribution in [-0.4, -0.2) is 18.7 Å². The van der Waals surface area contributed by atoms with E-state index in [1.54, 1.807) is 18.4 Å². The lowest BCUT2D eigenvalue weighted by Crippen LogP contribution is -1.87. The van der Waals surface area contributed by atoms with Gasteiger partial charge in [-0.25, -0.2) is 4.98 Å². The molecule has 2 heterocycles. The highest BCUT2D eigenvalue weighted by atomic mass is 32.1. The van der Waals surface area contributed by atoms with Gasteiger partial charge in [0.1, 0.15) is 11.1 Å². The average molecular weight is 171 g/mol. The van der Waals surface area contributed by atoms with Gasteiger partial charge >= 0.3 is 0 Å². The largest absolute Gasteiger partial charge is 0.378 e. The zero-order chi connectivity index (χ0) is 7.68. The Morgan fingerprint density at radius 3 is 3.36 bits per heavy atom. The fourth-order valence-corrected chi connectivity index (χ4v) is 1.69. The summed E-state index contributed by atoms with van der Waals surface area (Å²) in [6, 6.07) is 0. The van der Waals surface area contributed by atoms with Gasteiger partial charge in [0.25, 0.3) is 0 Å². The van der Waals surface area contributed by atoms with Gasteiger partial charge < -0.3 is 9.47 Å². The van der Waals surface area contributed by atoms with E-state index in [4.69, 9.17) is 9.47 Å². The van der Waals surface area contributed by atoms with Gasteiger partial charge in [0, 0.05) is 12.5 Å². The number of rotatable bonds is 3. The van der Waals surface area contributed by atoms with E-state index in [1.165, 1.54) is 0 Å². The molecule has 2 rings (SSSR count). The summed E-state index contributed by atoms with van der Waals surface area (Å²) in [6.45, 7) is 1.44. The Kier molecular flexibility index (Phi) is 1.89. The van der Waals surface area contributed by atoms with Crippen molar-refractivity contribution in [2.75, 3.05) is 13.7 Å². The molecule has 0 N–H and O–H groups in total. The number of hydrogen-bond donors (Lipinski definition) is 0. The summed E-state index contributed by atoms with van der Waals surface area (Å²) < 4.78 is 10.0. The number of epoxide rings is 1. The van der Waals surface area contributed by atoms with Gasteiger partial charge in [-0.05, 0) is 0 Å². The Hall–Kier alpha value is -0.450. The summed E-state index contributed by atoms with van der Waals surface area (Å²) in [7, 11) is 1.68. The van der Waals surface area contributed by atoms with Crippen LogP contribution in [0.2, 0.25) is 0 Å². The number of aromatic nitrogens is 1. The molecule has 1 aromatic heterocycles. The summed E-state index contributed by atoms with van der Waals surface area (Å²) in [5, 5.41) is 3.06. The van der Waals surface area contributed by atoms with Gasteiger partial charge in [-0.15, -0.1) is 11.3 Å². The molecule has 0 saturated carbocycles. The summed E-state index contributed by atoms with van der Waals surface area (Å²) in [5.41, 5.74) is 1.06. The lowest BCUT2D eigenvalue weighted by atomic mass is 10.4. The molecule has 1 aromatic rings. The van der Waals surface area contributed by atoms with Crippen LogP contribution < -0.4 is 0 Å². The lowest BCUT2D eigenvalue weighted by Gasteiger charge is -1.89. The standard InChI is InChI=1S/C7H9NO2S/c1-9-3-7-8-5(4-11-7)6-2-10-6/h4,6H,2-3H2,1H3. The molecular formula is C7H9NO2S. The van der Waals surface area contributed by atoms with Crippen molar-refractivity contribution in [3.8, 4) is 0 Å². The molecule has 1 atom stereocenters. The van der Waals surface area contributed by atoms with Crippen LogP contribution in [0.5, 0.6) is 0 Å². The second kappa shape index (κ2) is 2.89. The number of methoxy groups -OCH3 is 1. The molecule has 1 saturated heterocycles. The maximum atomic E-state index is 5.09. The van der Waals surface area contributed by atoms with E-state index in [-0.39, 0.29) is 6.10 Å². The Morgan fingerprint density at radius 1 is 1.91 bits per heavy atom. The average Bonchev–Trinajstić information content (AvgIpc) is 2.75. The van der Waals surface area contributed by atoms with E-state index >= 15 is 0 Å². The van der Waals surface area contributed by atoms with Crippen molar-refractivity contribution in [2.45, 2.75) is 12.7 Å². The number of thiazole rings is 1. The van der Waals surface area contributed by atoms with E-state index in [0.29, 0.717) is 6.61 Å². The zero-order valence-corrected chi connectivity index (χ0v) is 7.06. The first kappa shape index (κ1) is 7.21. The van der Waals surface area contributed by atoms with E-state index < -0.39 is 0 Å². The zero-order valence-electron chi connectivity index (χ0n) is 6.24. The third kappa shape index (κ3) is 1.58. The van der Waals surface area contributed by atoms with Crippen LogP contribution in [0.15, 0.2) is 5.38 Å². The Balaban J connectivity index is 2.06. The molecule has 11 heavy (non-hydrogen) atoms. The highest BCUT2D eigenvalue weighted by Crippen LogP contribution is 2.30. The fraction of sp³-hybridized carbons (Fsp3) is 0.571. The molecule has 0 radical (unpaired) electrons. The van der Waals surface area contributed by atoms with Crippen LogP contribution in [0, 0.1) is 0 Å². The summed E-state index contributed by atoms with van der Waals surface area (Å²) in [4.78, 5) is 4.33. The Morgan fingerprint density at radius 2 is 2.73 bits per heavy atom.